The first-order valence-corrected chi connectivity index (χ1v) is 5.74. The topological polar surface area (TPSA) is 55.1 Å². The lowest BCUT2D eigenvalue weighted by Crippen LogP contribution is -2.41. The summed E-state index contributed by atoms with van der Waals surface area (Å²) in [6, 6.07) is 4.36. The summed E-state index contributed by atoms with van der Waals surface area (Å²) in [7, 11) is 0. The van der Waals surface area contributed by atoms with Gasteiger partial charge in [-0.25, -0.2) is 0 Å². The molecule has 0 aromatic heterocycles. The van der Waals surface area contributed by atoms with E-state index in [0.717, 1.165) is 12.1 Å². The monoisotopic (exact) mass is 290 g/mol. The van der Waals surface area contributed by atoms with Crippen molar-refractivity contribution in [3.8, 4) is 0 Å². The molecule has 1 rings (SSSR count). The summed E-state index contributed by atoms with van der Waals surface area (Å²) in [4.78, 5) is 11.8. The van der Waals surface area contributed by atoms with Gasteiger partial charge in [0.2, 0.25) is 5.91 Å². The highest BCUT2D eigenvalue weighted by atomic mass is 32.1. The van der Waals surface area contributed by atoms with Gasteiger partial charge in [0, 0.05) is 5.69 Å². The van der Waals surface area contributed by atoms with E-state index in [4.69, 9.17) is 18.0 Å². The molecule has 0 unspecified atom stereocenters. The third kappa shape index (κ3) is 3.66. The minimum atomic E-state index is -4.46. The highest BCUT2D eigenvalue weighted by Gasteiger charge is 2.33. The van der Waals surface area contributed by atoms with Gasteiger partial charge < -0.3 is 11.1 Å². The molecular formula is C12H13F3N2OS. The second kappa shape index (κ2) is 5.16. The molecule has 1 aromatic carbocycles. The molecular weight excluding hydrogens is 277 g/mol. The highest BCUT2D eigenvalue weighted by molar-refractivity contribution is 7.80. The Morgan fingerprint density at radius 2 is 1.89 bits per heavy atom. The van der Waals surface area contributed by atoms with Gasteiger partial charge in [-0.3, -0.25) is 4.79 Å². The van der Waals surface area contributed by atoms with Crippen LogP contribution in [0.4, 0.5) is 18.9 Å². The predicted molar refractivity (Wildman–Crippen MR) is 70.6 cm³/mol. The Morgan fingerprint density at radius 1 is 1.32 bits per heavy atom. The first-order chi connectivity index (χ1) is 8.55. The minimum Gasteiger partial charge on any atom is -0.392 e. The molecule has 7 heteroatoms. The molecule has 0 atom stereocenters. The Bertz CT molecular complexity index is 512. The first-order valence-electron chi connectivity index (χ1n) is 5.34. The van der Waals surface area contributed by atoms with E-state index in [1.807, 2.05) is 0 Å². The fourth-order valence-electron chi connectivity index (χ4n) is 1.17. The third-order valence-electron chi connectivity index (χ3n) is 2.63. The summed E-state index contributed by atoms with van der Waals surface area (Å²) in [6.07, 6.45) is -4.46. The maximum Gasteiger partial charge on any atom is 0.416 e. The van der Waals surface area contributed by atoms with Crippen LogP contribution in [-0.4, -0.2) is 10.9 Å². The summed E-state index contributed by atoms with van der Waals surface area (Å²) in [6.45, 7) is 3.00. The maximum atomic E-state index is 12.5. The molecule has 19 heavy (non-hydrogen) atoms. The number of thiocarbonyl (C=S) groups is 1. The minimum absolute atomic E-state index is 0.0306. The zero-order valence-electron chi connectivity index (χ0n) is 10.3. The maximum absolute atomic E-state index is 12.5. The number of nitrogens with one attached hydrogen (secondary N) is 1. The van der Waals surface area contributed by atoms with Gasteiger partial charge in [-0.1, -0.05) is 18.3 Å². The molecule has 0 bridgehead atoms. The van der Waals surface area contributed by atoms with Crippen molar-refractivity contribution in [1.29, 1.82) is 0 Å². The van der Waals surface area contributed by atoms with Crippen molar-refractivity contribution in [3.63, 3.8) is 0 Å². The van der Waals surface area contributed by atoms with Gasteiger partial charge in [-0.2, -0.15) is 13.2 Å². The number of nitrogens with two attached hydrogens (primary N) is 1. The molecule has 0 aliphatic heterocycles. The lowest BCUT2D eigenvalue weighted by Gasteiger charge is -2.22. The van der Waals surface area contributed by atoms with Gasteiger partial charge in [0.15, 0.2) is 0 Å². The molecule has 0 fully saturated rings. The van der Waals surface area contributed by atoms with Gasteiger partial charge >= 0.3 is 6.18 Å². The summed E-state index contributed by atoms with van der Waals surface area (Å²) in [5.74, 6) is -0.556. The third-order valence-corrected chi connectivity index (χ3v) is 3.14. The highest BCUT2D eigenvalue weighted by Crippen LogP contribution is 2.31. The average molecular weight is 290 g/mol. The molecule has 3 nitrogen and oxygen atoms in total. The molecule has 1 amide bonds. The van der Waals surface area contributed by atoms with Crippen LogP contribution in [0, 0.1) is 5.41 Å². The molecule has 0 radical (unpaired) electrons. The molecule has 0 aliphatic rings. The zero-order chi connectivity index (χ0) is 14.8. The normalized spacial score (nSPS) is 12.1. The number of carbonyl (C=O) groups excluding carboxylic acids is 1. The van der Waals surface area contributed by atoms with Crippen LogP contribution < -0.4 is 11.1 Å². The van der Waals surface area contributed by atoms with Crippen LogP contribution in [0.3, 0.4) is 0 Å². The largest absolute Gasteiger partial charge is 0.416 e. The second-order valence-electron chi connectivity index (χ2n) is 4.52. The second-order valence-corrected chi connectivity index (χ2v) is 4.96. The zero-order valence-corrected chi connectivity index (χ0v) is 11.2. The van der Waals surface area contributed by atoms with Crippen molar-refractivity contribution < 1.29 is 18.0 Å². The summed E-state index contributed by atoms with van der Waals surface area (Å²) >= 11 is 4.75. The summed E-state index contributed by atoms with van der Waals surface area (Å²) in [5, 5.41) is 2.37. The van der Waals surface area contributed by atoms with Gasteiger partial charge in [0.1, 0.15) is 0 Å². The predicted octanol–water partition coefficient (Wildman–Crippen LogP) is 2.96. The molecule has 0 spiro atoms. The van der Waals surface area contributed by atoms with Gasteiger partial charge in [-0.05, 0) is 32.0 Å². The summed E-state index contributed by atoms with van der Waals surface area (Å²) < 4.78 is 37.5. The van der Waals surface area contributed by atoms with Crippen LogP contribution in [0.2, 0.25) is 0 Å². The number of alkyl halides is 3. The molecule has 1 aromatic rings. The molecule has 0 saturated heterocycles. The lowest BCUT2D eigenvalue weighted by atomic mass is 9.92. The molecule has 3 N–H and O–H groups in total. The number of hydrogen-bond acceptors (Lipinski definition) is 2. The Morgan fingerprint density at radius 3 is 2.37 bits per heavy atom. The van der Waals surface area contributed by atoms with Crippen LogP contribution in [0.1, 0.15) is 19.4 Å². The van der Waals surface area contributed by atoms with Gasteiger partial charge in [0.25, 0.3) is 0 Å². The van der Waals surface area contributed by atoms with E-state index in [1.54, 1.807) is 0 Å². The number of anilines is 1. The van der Waals surface area contributed by atoms with Crippen LogP contribution in [0.25, 0.3) is 0 Å². The quantitative estimate of drug-likeness (QED) is 0.842. The Balaban J connectivity index is 2.96. The molecule has 0 aliphatic carbocycles. The molecule has 0 saturated carbocycles. The number of benzene rings is 1. The van der Waals surface area contributed by atoms with Crippen LogP contribution in [0.15, 0.2) is 24.3 Å². The number of halogens is 3. The molecule has 104 valence electrons. The Hall–Kier alpha value is -1.63. The fraction of sp³-hybridized carbons (Fsp3) is 0.333. The number of hydrogen-bond donors (Lipinski definition) is 2. The van der Waals surface area contributed by atoms with Crippen LogP contribution in [0.5, 0.6) is 0 Å². The van der Waals surface area contributed by atoms with Crippen molar-refractivity contribution in [1.82, 2.24) is 0 Å². The van der Waals surface area contributed by atoms with Crippen molar-refractivity contribution in [2.24, 2.45) is 11.1 Å². The number of rotatable bonds is 3. The van der Waals surface area contributed by atoms with Crippen molar-refractivity contribution in [2.75, 3.05) is 5.32 Å². The van der Waals surface area contributed by atoms with E-state index in [0.29, 0.717) is 0 Å². The van der Waals surface area contributed by atoms with Crippen molar-refractivity contribution in [3.05, 3.63) is 29.8 Å². The standard InChI is InChI=1S/C12H13F3N2OS/c1-11(2,9(16)19)10(18)17-8-5-3-4-7(6-8)12(13,14)15/h3-6H,1-2H3,(H2,16,19)(H,17,18). The smallest absolute Gasteiger partial charge is 0.392 e. The molecule has 0 heterocycles. The van der Waals surface area contributed by atoms with Crippen LogP contribution >= 0.6 is 12.2 Å². The van der Waals surface area contributed by atoms with E-state index < -0.39 is 23.1 Å². The van der Waals surface area contributed by atoms with E-state index in [9.17, 15) is 18.0 Å². The van der Waals surface area contributed by atoms with Gasteiger partial charge in [0.05, 0.1) is 16.0 Å². The Kier molecular flexibility index (Phi) is 4.19. The van der Waals surface area contributed by atoms with Crippen molar-refractivity contribution in [2.45, 2.75) is 20.0 Å². The average Bonchev–Trinajstić information content (AvgIpc) is 2.27. The van der Waals surface area contributed by atoms with Gasteiger partial charge in [-0.15, -0.1) is 0 Å². The fourth-order valence-corrected chi connectivity index (χ4v) is 1.27. The van der Waals surface area contributed by atoms with Crippen molar-refractivity contribution >= 4 is 28.8 Å². The van der Waals surface area contributed by atoms with E-state index in [-0.39, 0.29) is 10.7 Å². The Labute approximate surface area is 114 Å². The number of amides is 1. The first kappa shape index (κ1) is 15.4. The summed E-state index contributed by atoms with van der Waals surface area (Å²) in [5.41, 5.74) is 3.49. The van der Waals surface area contributed by atoms with E-state index >= 15 is 0 Å². The van der Waals surface area contributed by atoms with E-state index in [2.05, 4.69) is 5.32 Å². The van der Waals surface area contributed by atoms with E-state index in [1.165, 1.54) is 26.0 Å². The SMILES string of the molecule is CC(C)(C(=O)Nc1cccc(C(F)(F)F)c1)C(N)=S. The number of carbonyl (C=O) groups is 1. The lowest BCUT2D eigenvalue weighted by molar-refractivity contribution is -0.137. The van der Waals surface area contributed by atoms with Crippen LogP contribution in [-0.2, 0) is 11.0 Å².